The summed E-state index contributed by atoms with van der Waals surface area (Å²) in [5.74, 6) is 0. The van der Waals surface area contributed by atoms with Crippen molar-refractivity contribution < 1.29 is 0 Å². The second-order valence-corrected chi connectivity index (χ2v) is 13.2. The lowest BCUT2D eigenvalue weighted by Crippen LogP contribution is -2.09. The van der Waals surface area contributed by atoms with E-state index in [1.165, 1.54) is 0 Å². The first-order valence-corrected chi connectivity index (χ1v) is 17.8. The molecule has 0 aliphatic carbocycles. The van der Waals surface area contributed by atoms with Crippen LogP contribution in [0.25, 0.3) is 66.8 Å². The van der Waals surface area contributed by atoms with Gasteiger partial charge in [-0.2, -0.15) is 0 Å². The fourth-order valence-electron chi connectivity index (χ4n) is 6.99. The van der Waals surface area contributed by atoms with Gasteiger partial charge in [0.1, 0.15) is 0 Å². The Kier molecular flexibility index (Phi) is 8.22. The summed E-state index contributed by atoms with van der Waals surface area (Å²) in [6.07, 6.45) is 0. The molecule has 0 fully saturated rings. The van der Waals surface area contributed by atoms with E-state index in [0.29, 0.717) is 0 Å². The fraction of sp³-hybridized carbons (Fsp3) is 0.0417. The molecule has 0 N–H and O–H groups in total. The molecule has 5 heteroatoms. The van der Waals surface area contributed by atoms with E-state index in [1.54, 1.807) is 0 Å². The van der Waals surface area contributed by atoms with Crippen LogP contribution in [0.3, 0.4) is 0 Å². The highest BCUT2D eigenvalue weighted by Gasteiger charge is 2.14. The van der Waals surface area contributed by atoms with Crippen LogP contribution in [0, 0.1) is 13.8 Å². The zero-order valence-corrected chi connectivity index (χ0v) is 29.5. The second kappa shape index (κ2) is 13.6. The number of fused-ring (bicyclic) bond motifs is 2. The van der Waals surface area contributed by atoms with Crippen molar-refractivity contribution in [1.29, 1.82) is 0 Å². The number of rotatable bonds is 7. The average molecular weight is 682 g/mol. The molecule has 0 aliphatic heterocycles. The van der Waals surface area contributed by atoms with E-state index in [-0.39, 0.29) is 0 Å². The molecule has 2 aromatic heterocycles. The molecule has 0 atom stereocenters. The molecule has 0 unspecified atom stereocenters. The summed E-state index contributed by atoms with van der Waals surface area (Å²) < 4.78 is 0. The monoisotopic (exact) mass is 681 g/mol. The summed E-state index contributed by atoms with van der Waals surface area (Å²) in [6, 6.07) is 61.3. The van der Waals surface area contributed by atoms with Crippen molar-refractivity contribution in [2.75, 3.05) is 4.90 Å². The van der Waals surface area contributed by atoms with E-state index < -0.39 is 0 Å². The van der Waals surface area contributed by atoms with Crippen molar-refractivity contribution in [2.45, 2.75) is 13.8 Å². The summed E-state index contributed by atoms with van der Waals surface area (Å²) in [7, 11) is 0. The van der Waals surface area contributed by atoms with Crippen molar-refractivity contribution in [2.24, 2.45) is 0 Å². The number of para-hydroxylation sites is 5. The van der Waals surface area contributed by atoms with Gasteiger partial charge in [-0.25, -0.2) is 19.9 Å². The molecule has 0 radical (unpaired) electrons. The number of benzene rings is 7. The van der Waals surface area contributed by atoms with Gasteiger partial charge in [-0.1, -0.05) is 115 Å². The van der Waals surface area contributed by atoms with Crippen LogP contribution in [0.4, 0.5) is 17.1 Å². The van der Waals surface area contributed by atoms with E-state index in [0.717, 1.165) is 95.3 Å². The Balaban J connectivity index is 0.970. The lowest BCUT2D eigenvalue weighted by molar-refractivity contribution is 1.19. The Morgan fingerprint density at radius 2 is 0.566 bits per heavy atom. The predicted octanol–water partition coefficient (Wildman–Crippen LogP) is 12.3. The standard InChI is InChI=1S/C48H35N5/c1-32-47(51-45-14-8-6-12-43(45)49-32)38-20-16-34(17-21-38)36-24-28-41(29-25-36)53(40-10-4-3-5-11-40)42-30-26-37(27-31-42)35-18-22-39(23-19-35)48-33(2)50-44-13-7-9-15-46(44)52-48/h3-31H,1-2H3. The quantitative estimate of drug-likeness (QED) is 0.168. The Hall–Kier alpha value is -6.98. The van der Waals surface area contributed by atoms with Crippen molar-refractivity contribution in [1.82, 2.24) is 19.9 Å². The van der Waals surface area contributed by atoms with E-state index in [2.05, 4.69) is 132 Å². The van der Waals surface area contributed by atoms with E-state index in [4.69, 9.17) is 19.9 Å². The van der Waals surface area contributed by atoms with Gasteiger partial charge in [0.2, 0.25) is 0 Å². The van der Waals surface area contributed by atoms with Crippen molar-refractivity contribution in [3.05, 3.63) is 187 Å². The van der Waals surface area contributed by atoms with E-state index in [1.807, 2.05) is 62.4 Å². The molecule has 0 aliphatic rings. The Morgan fingerprint density at radius 1 is 0.283 bits per heavy atom. The SMILES string of the molecule is Cc1nc2ccccc2nc1-c1ccc(-c2ccc(N(c3ccccc3)c3ccc(-c4ccc(-c5nc6ccccc6nc5C)cc4)cc3)cc2)cc1. The largest absolute Gasteiger partial charge is 0.311 e. The van der Waals surface area contributed by atoms with Crippen LogP contribution in [0.1, 0.15) is 11.4 Å². The third-order valence-electron chi connectivity index (χ3n) is 9.74. The summed E-state index contributed by atoms with van der Waals surface area (Å²) in [5.41, 5.74) is 17.3. The number of hydrogen-bond acceptors (Lipinski definition) is 5. The van der Waals surface area contributed by atoms with Gasteiger partial charge in [0.25, 0.3) is 0 Å². The van der Waals surface area contributed by atoms with E-state index in [9.17, 15) is 0 Å². The van der Waals surface area contributed by atoms with Crippen molar-refractivity contribution >= 4 is 39.1 Å². The van der Waals surface area contributed by atoms with E-state index >= 15 is 0 Å². The molecule has 0 saturated heterocycles. The molecule has 5 nitrogen and oxygen atoms in total. The van der Waals surface area contributed by atoms with Gasteiger partial charge in [0, 0.05) is 28.2 Å². The predicted molar refractivity (Wildman–Crippen MR) is 219 cm³/mol. The van der Waals surface area contributed by atoms with Gasteiger partial charge in [0.05, 0.1) is 44.8 Å². The topological polar surface area (TPSA) is 54.8 Å². The van der Waals surface area contributed by atoms with Crippen molar-refractivity contribution in [3.8, 4) is 44.8 Å². The summed E-state index contributed by atoms with van der Waals surface area (Å²) in [5, 5.41) is 0. The van der Waals surface area contributed by atoms with Gasteiger partial charge in [-0.3, -0.25) is 0 Å². The number of aryl methyl sites for hydroxylation is 2. The first-order valence-electron chi connectivity index (χ1n) is 17.8. The van der Waals surface area contributed by atoms with Crippen LogP contribution >= 0.6 is 0 Å². The highest BCUT2D eigenvalue weighted by atomic mass is 15.1. The lowest BCUT2D eigenvalue weighted by Gasteiger charge is -2.26. The van der Waals surface area contributed by atoms with Gasteiger partial charge >= 0.3 is 0 Å². The third-order valence-corrected chi connectivity index (χ3v) is 9.74. The summed E-state index contributed by atoms with van der Waals surface area (Å²) in [6.45, 7) is 4.04. The Bertz CT molecular complexity index is 2530. The number of hydrogen-bond donors (Lipinski definition) is 0. The summed E-state index contributed by atoms with van der Waals surface area (Å²) >= 11 is 0. The first-order chi connectivity index (χ1) is 26.1. The zero-order chi connectivity index (χ0) is 35.7. The summed E-state index contributed by atoms with van der Waals surface area (Å²) in [4.78, 5) is 21.7. The van der Waals surface area contributed by atoms with Crippen LogP contribution in [-0.2, 0) is 0 Å². The number of aromatic nitrogens is 4. The molecule has 0 bridgehead atoms. The minimum Gasteiger partial charge on any atom is -0.311 e. The maximum atomic E-state index is 4.91. The normalized spacial score (nSPS) is 11.2. The molecule has 9 rings (SSSR count). The number of nitrogens with zero attached hydrogens (tertiary/aromatic N) is 5. The molecule has 0 amide bonds. The number of anilines is 3. The molecule has 0 saturated carbocycles. The molecular formula is C48H35N5. The van der Waals surface area contributed by atoms with Crippen LogP contribution in [0.15, 0.2) is 176 Å². The minimum absolute atomic E-state index is 0.905. The van der Waals surface area contributed by atoms with Crippen LogP contribution in [0.2, 0.25) is 0 Å². The van der Waals surface area contributed by atoms with Crippen LogP contribution in [-0.4, -0.2) is 19.9 Å². The van der Waals surface area contributed by atoms with Gasteiger partial charge < -0.3 is 4.90 Å². The maximum Gasteiger partial charge on any atom is 0.0922 e. The lowest BCUT2D eigenvalue weighted by atomic mass is 10.0. The molecule has 7 aromatic carbocycles. The molecule has 0 spiro atoms. The molecular weight excluding hydrogens is 647 g/mol. The molecule has 53 heavy (non-hydrogen) atoms. The average Bonchev–Trinajstić information content (AvgIpc) is 3.21. The molecule has 9 aromatic rings. The molecule has 252 valence electrons. The zero-order valence-electron chi connectivity index (χ0n) is 29.5. The highest BCUT2D eigenvalue weighted by molar-refractivity contribution is 5.83. The highest BCUT2D eigenvalue weighted by Crippen LogP contribution is 2.37. The molecule has 2 heterocycles. The van der Waals surface area contributed by atoms with Crippen LogP contribution < -0.4 is 4.90 Å². The Morgan fingerprint density at radius 3 is 0.943 bits per heavy atom. The van der Waals surface area contributed by atoms with Crippen LogP contribution in [0.5, 0.6) is 0 Å². The minimum atomic E-state index is 0.905. The second-order valence-electron chi connectivity index (χ2n) is 13.2. The third kappa shape index (κ3) is 6.30. The Labute approximate surface area is 309 Å². The van der Waals surface area contributed by atoms with Gasteiger partial charge in [0.15, 0.2) is 0 Å². The first kappa shape index (κ1) is 32.0. The van der Waals surface area contributed by atoms with Gasteiger partial charge in [-0.05, 0) is 96.8 Å². The van der Waals surface area contributed by atoms with Crippen molar-refractivity contribution in [3.63, 3.8) is 0 Å². The maximum absolute atomic E-state index is 4.91. The van der Waals surface area contributed by atoms with Gasteiger partial charge in [-0.15, -0.1) is 0 Å². The smallest absolute Gasteiger partial charge is 0.0922 e. The fourth-order valence-corrected chi connectivity index (χ4v) is 6.99.